The number of carbonyl (C=O) groups excluding carboxylic acids is 2. The molecule has 1 aliphatic heterocycles. The number of amides is 2. The van der Waals surface area contributed by atoms with Crippen LogP contribution in [0.4, 0.5) is 5.69 Å². The van der Waals surface area contributed by atoms with Crippen LogP contribution in [0.2, 0.25) is 0 Å². The molecule has 0 radical (unpaired) electrons. The van der Waals surface area contributed by atoms with E-state index in [1.807, 2.05) is 45.0 Å². The Morgan fingerprint density at radius 2 is 1.70 bits per heavy atom. The van der Waals surface area contributed by atoms with E-state index in [-0.39, 0.29) is 43.8 Å². The van der Waals surface area contributed by atoms with Gasteiger partial charge < -0.3 is 19.7 Å². The fourth-order valence-electron chi connectivity index (χ4n) is 4.15. The number of anilines is 1. The van der Waals surface area contributed by atoms with E-state index >= 15 is 0 Å². The van der Waals surface area contributed by atoms with Crippen LogP contribution < -0.4 is 19.1 Å². The van der Waals surface area contributed by atoms with E-state index in [9.17, 15) is 18.0 Å². The van der Waals surface area contributed by atoms with Crippen LogP contribution in [0.25, 0.3) is 0 Å². The number of carbonyl (C=O) groups is 2. The van der Waals surface area contributed by atoms with E-state index in [1.165, 1.54) is 4.31 Å². The normalized spacial score (nSPS) is 13.7. The van der Waals surface area contributed by atoms with Gasteiger partial charge in [0.2, 0.25) is 21.8 Å². The largest absolute Gasteiger partial charge is 0.486 e. The Labute approximate surface area is 219 Å². The molecule has 0 saturated heterocycles. The minimum atomic E-state index is -3.61. The zero-order valence-electron chi connectivity index (χ0n) is 22.2. The molecule has 1 atom stereocenters. The molecule has 37 heavy (non-hydrogen) atoms. The summed E-state index contributed by atoms with van der Waals surface area (Å²) in [4.78, 5) is 27.7. The van der Waals surface area contributed by atoms with Gasteiger partial charge in [-0.05, 0) is 57.4 Å². The highest BCUT2D eigenvalue weighted by Crippen LogP contribution is 2.34. The minimum absolute atomic E-state index is 0.0559. The topological polar surface area (TPSA) is 105 Å². The molecule has 2 aromatic carbocycles. The highest BCUT2D eigenvalue weighted by molar-refractivity contribution is 7.92. The smallest absolute Gasteiger partial charge is 0.242 e. The number of benzene rings is 2. The van der Waals surface area contributed by atoms with Gasteiger partial charge in [0.15, 0.2) is 11.5 Å². The number of fused-ring (bicyclic) bond motifs is 1. The molecule has 1 heterocycles. The number of rotatable bonds is 11. The molecule has 3 rings (SSSR count). The van der Waals surface area contributed by atoms with E-state index in [4.69, 9.17) is 9.47 Å². The third-order valence-electron chi connectivity index (χ3n) is 6.17. The van der Waals surface area contributed by atoms with Crippen LogP contribution in [-0.4, -0.2) is 63.2 Å². The van der Waals surface area contributed by atoms with Crippen LogP contribution in [0.15, 0.2) is 42.5 Å². The first-order chi connectivity index (χ1) is 17.5. The predicted molar refractivity (Wildman–Crippen MR) is 143 cm³/mol. The average Bonchev–Trinajstić information content (AvgIpc) is 2.84. The van der Waals surface area contributed by atoms with Gasteiger partial charge >= 0.3 is 0 Å². The Balaban J connectivity index is 1.74. The van der Waals surface area contributed by atoms with Gasteiger partial charge in [0.05, 0.1) is 11.9 Å². The zero-order valence-corrected chi connectivity index (χ0v) is 23.0. The molecular weight excluding hydrogens is 494 g/mol. The molecular formula is C27H37N3O6S. The van der Waals surface area contributed by atoms with Crippen LogP contribution in [0.3, 0.4) is 0 Å². The lowest BCUT2D eigenvalue weighted by Gasteiger charge is -2.30. The van der Waals surface area contributed by atoms with Crippen molar-refractivity contribution >= 4 is 27.5 Å². The maximum atomic E-state index is 13.4. The highest BCUT2D eigenvalue weighted by atomic mass is 32.2. The summed E-state index contributed by atoms with van der Waals surface area (Å²) in [6, 6.07) is 12.0. The molecule has 0 aliphatic carbocycles. The van der Waals surface area contributed by atoms with Crippen LogP contribution in [0.1, 0.15) is 44.7 Å². The first-order valence-electron chi connectivity index (χ1n) is 12.5. The van der Waals surface area contributed by atoms with Crippen molar-refractivity contribution in [3.63, 3.8) is 0 Å². The van der Waals surface area contributed by atoms with Gasteiger partial charge in [0, 0.05) is 31.6 Å². The summed E-state index contributed by atoms with van der Waals surface area (Å²) in [5, 5.41) is 2.88. The lowest BCUT2D eigenvalue weighted by atomic mass is 10.1. The Morgan fingerprint density at radius 3 is 2.35 bits per heavy atom. The summed E-state index contributed by atoms with van der Waals surface area (Å²) >= 11 is 0. The molecule has 2 aromatic rings. The number of nitrogens with zero attached hydrogens (tertiary/aromatic N) is 2. The van der Waals surface area contributed by atoms with Crippen molar-refractivity contribution in [3.05, 3.63) is 53.6 Å². The van der Waals surface area contributed by atoms with Crippen molar-refractivity contribution in [2.24, 2.45) is 0 Å². The maximum Gasteiger partial charge on any atom is 0.242 e. The number of ether oxygens (including phenoxy) is 2. The fraction of sp³-hybridized carbons (Fsp3) is 0.481. The summed E-state index contributed by atoms with van der Waals surface area (Å²) in [6.07, 6.45) is 1.50. The number of hydrogen-bond acceptors (Lipinski definition) is 6. The highest BCUT2D eigenvalue weighted by Gasteiger charge is 2.27. The third kappa shape index (κ3) is 7.61. The predicted octanol–water partition coefficient (Wildman–Crippen LogP) is 3.25. The quantitative estimate of drug-likeness (QED) is 0.477. The summed E-state index contributed by atoms with van der Waals surface area (Å²) in [7, 11) is -3.61. The van der Waals surface area contributed by atoms with Crippen molar-refractivity contribution < 1.29 is 27.5 Å². The average molecular weight is 532 g/mol. The molecule has 202 valence electrons. The lowest BCUT2D eigenvalue weighted by molar-refractivity contribution is -0.140. The Kier molecular flexibility index (Phi) is 9.42. The molecule has 1 N–H and O–H groups in total. The van der Waals surface area contributed by atoms with Crippen LogP contribution in [-0.2, 0) is 26.2 Å². The number of sulfonamides is 1. The van der Waals surface area contributed by atoms with Gasteiger partial charge in [-0.1, -0.05) is 24.3 Å². The summed E-state index contributed by atoms with van der Waals surface area (Å²) in [6.45, 7) is 8.65. The molecule has 1 aliphatic rings. The zero-order chi connectivity index (χ0) is 27.2. The molecule has 10 heteroatoms. The summed E-state index contributed by atoms with van der Waals surface area (Å²) < 4.78 is 37.6. The van der Waals surface area contributed by atoms with Gasteiger partial charge in [-0.2, -0.15) is 0 Å². The van der Waals surface area contributed by atoms with E-state index < -0.39 is 16.1 Å². The van der Waals surface area contributed by atoms with E-state index in [2.05, 4.69) is 5.32 Å². The van der Waals surface area contributed by atoms with Crippen LogP contribution in [0.5, 0.6) is 11.5 Å². The lowest BCUT2D eigenvalue weighted by Crippen LogP contribution is -2.49. The summed E-state index contributed by atoms with van der Waals surface area (Å²) in [5.41, 5.74) is 2.42. The van der Waals surface area contributed by atoms with Crippen LogP contribution >= 0.6 is 0 Å². The molecule has 0 saturated carbocycles. The molecule has 0 bridgehead atoms. The first-order valence-corrected chi connectivity index (χ1v) is 14.3. The Hall–Kier alpha value is -3.27. The number of hydrogen-bond donors (Lipinski definition) is 1. The third-order valence-corrected chi connectivity index (χ3v) is 7.36. The Bertz CT molecular complexity index is 1210. The van der Waals surface area contributed by atoms with Gasteiger partial charge in [-0.3, -0.25) is 13.9 Å². The van der Waals surface area contributed by atoms with Crippen LogP contribution in [0, 0.1) is 6.92 Å². The summed E-state index contributed by atoms with van der Waals surface area (Å²) in [5.74, 6) is 0.610. The van der Waals surface area contributed by atoms with Crippen molar-refractivity contribution in [1.82, 2.24) is 10.2 Å². The Morgan fingerprint density at radius 1 is 1.03 bits per heavy atom. The second kappa shape index (κ2) is 12.3. The molecule has 0 aromatic heterocycles. The van der Waals surface area contributed by atoms with Crippen molar-refractivity contribution in [2.75, 3.05) is 30.3 Å². The van der Waals surface area contributed by atoms with Crippen molar-refractivity contribution in [3.8, 4) is 11.5 Å². The van der Waals surface area contributed by atoms with Crippen molar-refractivity contribution in [2.45, 2.75) is 59.2 Å². The monoisotopic (exact) mass is 531 g/mol. The SMILES string of the molecule is Cc1ccccc1CN(C(=O)CCCN(c1ccc2c(c1)OCCO2)S(C)(=O)=O)[C@@H](C)C(=O)NC(C)C. The van der Waals surface area contributed by atoms with Gasteiger partial charge in [0.25, 0.3) is 0 Å². The van der Waals surface area contributed by atoms with Gasteiger partial charge in [-0.15, -0.1) is 0 Å². The van der Waals surface area contributed by atoms with E-state index in [0.717, 1.165) is 17.4 Å². The van der Waals surface area contributed by atoms with Gasteiger partial charge in [-0.25, -0.2) is 8.42 Å². The standard InChI is InChI=1S/C27H37N3O6S/c1-19(2)28-27(32)21(4)29(18-22-10-7-6-9-20(22)3)26(31)11-8-14-30(37(5,33)34)23-12-13-24-25(17-23)36-16-15-35-24/h6-7,9-10,12-13,17,19,21H,8,11,14-16,18H2,1-5H3,(H,28,32)/t21-/m0/s1. The van der Waals surface area contributed by atoms with Gasteiger partial charge in [0.1, 0.15) is 19.3 Å². The second-order valence-electron chi connectivity index (χ2n) is 9.55. The number of aryl methyl sites for hydroxylation is 1. The second-order valence-corrected chi connectivity index (χ2v) is 11.5. The molecule has 9 nitrogen and oxygen atoms in total. The first kappa shape index (κ1) is 28.3. The maximum absolute atomic E-state index is 13.4. The van der Waals surface area contributed by atoms with E-state index in [1.54, 1.807) is 30.0 Å². The number of nitrogens with one attached hydrogen (secondary N) is 1. The molecule has 0 spiro atoms. The molecule has 2 amide bonds. The molecule has 0 fully saturated rings. The van der Waals surface area contributed by atoms with Crippen molar-refractivity contribution in [1.29, 1.82) is 0 Å². The van der Waals surface area contributed by atoms with E-state index in [0.29, 0.717) is 30.4 Å². The fourth-order valence-corrected chi connectivity index (χ4v) is 5.11. The molecule has 0 unspecified atom stereocenters. The minimum Gasteiger partial charge on any atom is -0.486 e.